The van der Waals surface area contributed by atoms with Gasteiger partial charge in [0.25, 0.3) is 5.79 Å². The molecule has 6 atom stereocenters. The minimum absolute atomic E-state index is 0.124. The molecule has 20 heavy (non-hydrogen) atoms. The molecule has 1 heterocycles. The lowest BCUT2D eigenvalue weighted by Gasteiger charge is -2.46. The Morgan fingerprint density at radius 1 is 1.45 bits per heavy atom. The molecule has 6 nitrogen and oxygen atoms in total. The van der Waals surface area contributed by atoms with Gasteiger partial charge in [-0.1, -0.05) is 20.8 Å². The Bertz CT molecular complexity index is 334. The highest BCUT2D eigenvalue weighted by molar-refractivity contribution is 5.78. The molecule has 0 spiro atoms. The molecule has 1 saturated heterocycles. The molecule has 1 aliphatic rings. The van der Waals surface area contributed by atoms with E-state index in [0.29, 0.717) is 6.42 Å². The summed E-state index contributed by atoms with van der Waals surface area (Å²) >= 11 is 0. The molecule has 0 aliphatic carbocycles. The zero-order valence-electron chi connectivity index (χ0n) is 12.8. The maximum atomic E-state index is 12.0. The largest absolute Gasteiger partial charge is 0.465 e. The van der Waals surface area contributed by atoms with Gasteiger partial charge in [-0.2, -0.15) is 0 Å². The lowest BCUT2D eigenvalue weighted by Crippen LogP contribution is -2.57. The molecule has 0 aromatic heterocycles. The Labute approximate surface area is 120 Å². The number of hydrogen-bond donors (Lipinski definition) is 2. The molecule has 118 valence electrons. The monoisotopic (exact) mass is 290 g/mol. The van der Waals surface area contributed by atoms with Crippen LogP contribution in [-0.4, -0.2) is 55.0 Å². The topological polar surface area (TPSA) is 85.2 Å². The summed E-state index contributed by atoms with van der Waals surface area (Å²) in [5.41, 5.74) is 0. The standard InChI is InChI=1S/C14H26O6/c1-8-6-14(19-5,13(17)18-4)20-12(9(8)2)10(3)11(16)7-15/h8-12,15-16H,6-7H2,1-5H3/t8-,9-,10-,11-,12?,14?/m1/s1. The molecule has 6 heteroatoms. The van der Waals surface area contributed by atoms with Gasteiger partial charge in [-0.3, -0.25) is 0 Å². The predicted molar refractivity (Wildman–Crippen MR) is 71.8 cm³/mol. The van der Waals surface area contributed by atoms with Crippen molar-refractivity contribution in [3.63, 3.8) is 0 Å². The van der Waals surface area contributed by atoms with Crippen molar-refractivity contribution in [1.29, 1.82) is 0 Å². The molecule has 2 unspecified atom stereocenters. The van der Waals surface area contributed by atoms with Gasteiger partial charge in [-0.25, -0.2) is 4.79 Å². The number of aliphatic hydroxyl groups is 2. The van der Waals surface area contributed by atoms with E-state index in [9.17, 15) is 9.90 Å². The SMILES string of the molecule is COC(=O)C1(OC)C[C@@H](C)[C@@H](C)C([C@H](C)[C@H](O)CO)O1. The van der Waals surface area contributed by atoms with Crippen molar-refractivity contribution in [2.45, 2.75) is 45.2 Å². The van der Waals surface area contributed by atoms with Gasteiger partial charge in [0.15, 0.2) is 0 Å². The molecule has 1 rings (SSSR count). The van der Waals surface area contributed by atoms with E-state index < -0.39 is 24.0 Å². The van der Waals surface area contributed by atoms with Gasteiger partial charge < -0.3 is 24.4 Å². The van der Waals surface area contributed by atoms with E-state index in [-0.39, 0.29) is 24.4 Å². The first-order valence-corrected chi connectivity index (χ1v) is 6.93. The van der Waals surface area contributed by atoms with Crippen LogP contribution < -0.4 is 0 Å². The van der Waals surface area contributed by atoms with E-state index in [4.69, 9.17) is 19.3 Å². The van der Waals surface area contributed by atoms with E-state index in [1.807, 2.05) is 13.8 Å². The highest BCUT2D eigenvalue weighted by atomic mass is 16.7. The zero-order valence-corrected chi connectivity index (χ0v) is 12.8. The number of esters is 1. The summed E-state index contributed by atoms with van der Waals surface area (Å²) in [5, 5.41) is 18.9. The van der Waals surface area contributed by atoms with Gasteiger partial charge in [-0.05, 0) is 11.8 Å². The first-order chi connectivity index (χ1) is 9.32. The number of carbonyl (C=O) groups is 1. The highest BCUT2D eigenvalue weighted by Gasteiger charge is 2.52. The van der Waals surface area contributed by atoms with Gasteiger partial charge in [0.2, 0.25) is 0 Å². The molecule has 0 saturated carbocycles. The summed E-state index contributed by atoms with van der Waals surface area (Å²) in [6, 6.07) is 0. The number of hydrogen-bond acceptors (Lipinski definition) is 6. The minimum atomic E-state index is -1.44. The van der Waals surface area contributed by atoms with Crippen LogP contribution in [-0.2, 0) is 19.0 Å². The van der Waals surface area contributed by atoms with Gasteiger partial charge >= 0.3 is 5.97 Å². The second kappa shape index (κ2) is 6.85. The summed E-state index contributed by atoms with van der Waals surface area (Å²) in [6.07, 6.45) is -0.907. The second-order valence-electron chi connectivity index (χ2n) is 5.68. The molecule has 0 bridgehead atoms. The smallest absolute Gasteiger partial charge is 0.366 e. The molecule has 0 aromatic carbocycles. The van der Waals surface area contributed by atoms with Crippen LogP contribution in [0.3, 0.4) is 0 Å². The summed E-state index contributed by atoms with van der Waals surface area (Å²) < 4.78 is 16.0. The Morgan fingerprint density at radius 2 is 2.05 bits per heavy atom. The number of ether oxygens (including phenoxy) is 3. The number of carbonyl (C=O) groups excluding carboxylic acids is 1. The Kier molecular flexibility index (Phi) is 5.94. The second-order valence-corrected chi connectivity index (χ2v) is 5.68. The number of methoxy groups -OCH3 is 2. The average molecular weight is 290 g/mol. The fourth-order valence-electron chi connectivity index (χ4n) is 2.78. The molecule has 0 amide bonds. The molecule has 2 N–H and O–H groups in total. The van der Waals surface area contributed by atoms with Crippen molar-refractivity contribution in [2.75, 3.05) is 20.8 Å². The zero-order chi connectivity index (χ0) is 15.5. The predicted octanol–water partition coefficient (Wildman–Crippen LogP) is 0.552. The number of aliphatic hydroxyl groups excluding tert-OH is 2. The van der Waals surface area contributed by atoms with Crippen molar-refractivity contribution in [1.82, 2.24) is 0 Å². The normalized spacial score (nSPS) is 37.2. The quantitative estimate of drug-likeness (QED) is 0.719. The average Bonchev–Trinajstić information content (AvgIpc) is 2.47. The van der Waals surface area contributed by atoms with Crippen molar-refractivity contribution in [3.05, 3.63) is 0 Å². The Morgan fingerprint density at radius 3 is 2.50 bits per heavy atom. The van der Waals surface area contributed by atoms with E-state index in [1.54, 1.807) is 6.92 Å². The summed E-state index contributed by atoms with van der Waals surface area (Å²) in [7, 11) is 2.69. The Balaban J connectivity index is 3.02. The van der Waals surface area contributed by atoms with Crippen molar-refractivity contribution in [2.24, 2.45) is 17.8 Å². The number of rotatable bonds is 5. The minimum Gasteiger partial charge on any atom is -0.465 e. The molecular weight excluding hydrogens is 264 g/mol. The molecule has 1 aliphatic heterocycles. The highest BCUT2D eigenvalue weighted by Crippen LogP contribution is 2.41. The summed E-state index contributed by atoms with van der Waals surface area (Å²) in [4.78, 5) is 12.0. The van der Waals surface area contributed by atoms with Gasteiger partial charge in [0.05, 0.1) is 25.9 Å². The fraction of sp³-hybridized carbons (Fsp3) is 0.929. The van der Waals surface area contributed by atoms with Crippen LogP contribution in [0.1, 0.15) is 27.2 Å². The van der Waals surface area contributed by atoms with Crippen LogP contribution in [0.4, 0.5) is 0 Å². The maximum Gasteiger partial charge on any atom is 0.366 e. The van der Waals surface area contributed by atoms with Crippen LogP contribution in [0, 0.1) is 17.8 Å². The maximum absolute atomic E-state index is 12.0. The fourth-order valence-corrected chi connectivity index (χ4v) is 2.78. The Hall–Kier alpha value is -0.690. The van der Waals surface area contributed by atoms with Gasteiger partial charge in [0, 0.05) is 19.4 Å². The van der Waals surface area contributed by atoms with Crippen molar-refractivity contribution >= 4 is 5.97 Å². The third kappa shape index (κ3) is 3.14. The van der Waals surface area contributed by atoms with Crippen LogP contribution in [0.5, 0.6) is 0 Å². The van der Waals surface area contributed by atoms with Gasteiger partial charge in [0.1, 0.15) is 0 Å². The molecular formula is C14H26O6. The van der Waals surface area contributed by atoms with E-state index in [2.05, 4.69) is 0 Å². The van der Waals surface area contributed by atoms with E-state index in [1.165, 1.54) is 14.2 Å². The first-order valence-electron chi connectivity index (χ1n) is 6.93. The van der Waals surface area contributed by atoms with E-state index >= 15 is 0 Å². The van der Waals surface area contributed by atoms with Gasteiger partial charge in [-0.15, -0.1) is 0 Å². The van der Waals surface area contributed by atoms with Crippen LogP contribution in [0.15, 0.2) is 0 Å². The molecule has 0 aromatic rings. The van der Waals surface area contributed by atoms with Crippen LogP contribution in [0.25, 0.3) is 0 Å². The summed E-state index contributed by atoms with van der Waals surface area (Å²) in [6.45, 7) is 5.46. The molecule has 0 radical (unpaired) electrons. The lowest BCUT2D eigenvalue weighted by atomic mass is 9.76. The molecule has 1 fully saturated rings. The first kappa shape index (κ1) is 17.4. The van der Waals surface area contributed by atoms with Crippen LogP contribution >= 0.6 is 0 Å². The van der Waals surface area contributed by atoms with Crippen molar-refractivity contribution < 1.29 is 29.2 Å². The van der Waals surface area contributed by atoms with E-state index in [0.717, 1.165) is 0 Å². The van der Waals surface area contributed by atoms with Crippen molar-refractivity contribution in [3.8, 4) is 0 Å². The third-order valence-corrected chi connectivity index (χ3v) is 4.47. The van der Waals surface area contributed by atoms with Crippen LogP contribution in [0.2, 0.25) is 0 Å². The third-order valence-electron chi connectivity index (χ3n) is 4.47. The lowest BCUT2D eigenvalue weighted by molar-refractivity contribution is -0.298. The summed E-state index contributed by atoms with van der Waals surface area (Å²) in [5.74, 6) is -2.05.